The second-order valence-electron chi connectivity index (χ2n) is 5.73. The van der Waals surface area contributed by atoms with Gasteiger partial charge in [-0.05, 0) is 29.8 Å². The normalized spacial score (nSPS) is 10.6. The second-order valence-corrected chi connectivity index (χ2v) is 5.73. The Bertz CT molecular complexity index is 932. The van der Waals surface area contributed by atoms with E-state index in [2.05, 4.69) is 0 Å². The van der Waals surface area contributed by atoms with E-state index in [0.29, 0.717) is 12.3 Å². The number of nitrogens with zero attached hydrogens (tertiary/aromatic N) is 1. The Balaban J connectivity index is 1.94. The summed E-state index contributed by atoms with van der Waals surface area (Å²) in [5, 5.41) is 10.1. The van der Waals surface area contributed by atoms with Gasteiger partial charge in [0, 0.05) is 18.2 Å². The largest absolute Gasteiger partial charge is 0.507 e. The molecule has 2 aromatic carbocycles. The molecular formula is C20H18FNO3. The van der Waals surface area contributed by atoms with Crippen molar-refractivity contribution in [2.24, 2.45) is 0 Å². The molecule has 0 fully saturated rings. The lowest BCUT2D eigenvalue weighted by molar-refractivity contribution is 0.408. The Morgan fingerprint density at radius 2 is 1.80 bits per heavy atom. The Morgan fingerprint density at radius 1 is 1.08 bits per heavy atom. The zero-order chi connectivity index (χ0) is 17.8. The van der Waals surface area contributed by atoms with Crippen molar-refractivity contribution >= 4 is 0 Å². The van der Waals surface area contributed by atoms with Gasteiger partial charge in [-0.15, -0.1) is 0 Å². The minimum absolute atomic E-state index is 0.0643. The molecule has 3 aromatic rings. The first kappa shape index (κ1) is 16.8. The van der Waals surface area contributed by atoms with E-state index in [0.717, 1.165) is 11.1 Å². The van der Waals surface area contributed by atoms with Gasteiger partial charge in [-0.2, -0.15) is 0 Å². The van der Waals surface area contributed by atoms with Crippen molar-refractivity contribution in [3.63, 3.8) is 0 Å². The fraction of sp³-hybridized carbons (Fsp3) is 0.150. The van der Waals surface area contributed by atoms with Crippen LogP contribution in [-0.2, 0) is 13.0 Å². The second kappa shape index (κ2) is 7.21. The number of ether oxygens (including phenoxy) is 1. The van der Waals surface area contributed by atoms with Crippen LogP contribution in [0.25, 0.3) is 0 Å². The van der Waals surface area contributed by atoms with Crippen LogP contribution in [0.4, 0.5) is 4.39 Å². The number of methoxy groups -OCH3 is 1. The van der Waals surface area contributed by atoms with Crippen molar-refractivity contribution in [2.75, 3.05) is 7.11 Å². The van der Waals surface area contributed by atoms with Crippen molar-refractivity contribution in [2.45, 2.75) is 13.0 Å². The SMILES string of the molecule is COc1ccccc1Cn1ccc(O)c(Cc2ccc(F)cc2)c1=O. The third kappa shape index (κ3) is 3.71. The Labute approximate surface area is 144 Å². The molecular weight excluding hydrogens is 321 g/mol. The summed E-state index contributed by atoms with van der Waals surface area (Å²) in [5.74, 6) is 0.294. The summed E-state index contributed by atoms with van der Waals surface area (Å²) in [5.41, 5.74) is 1.62. The highest BCUT2D eigenvalue weighted by molar-refractivity contribution is 5.36. The van der Waals surface area contributed by atoms with E-state index in [1.165, 1.54) is 22.8 Å². The van der Waals surface area contributed by atoms with Gasteiger partial charge in [0.05, 0.1) is 19.2 Å². The maximum absolute atomic E-state index is 13.0. The fourth-order valence-electron chi connectivity index (χ4n) is 2.73. The molecule has 1 heterocycles. The van der Waals surface area contributed by atoms with Crippen LogP contribution in [0.2, 0.25) is 0 Å². The molecule has 0 amide bonds. The quantitative estimate of drug-likeness (QED) is 0.776. The molecule has 1 N–H and O–H groups in total. The van der Waals surface area contributed by atoms with E-state index in [-0.39, 0.29) is 29.1 Å². The van der Waals surface area contributed by atoms with Crippen LogP contribution < -0.4 is 10.3 Å². The van der Waals surface area contributed by atoms with Crippen LogP contribution in [0, 0.1) is 5.82 Å². The topological polar surface area (TPSA) is 51.5 Å². The van der Waals surface area contributed by atoms with E-state index >= 15 is 0 Å². The zero-order valence-electron chi connectivity index (χ0n) is 13.8. The third-order valence-corrected chi connectivity index (χ3v) is 4.07. The highest BCUT2D eigenvalue weighted by Crippen LogP contribution is 2.20. The van der Waals surface area contributed by atoms with E-state index in [1.807, 2.05) is 24.3 Å². The van der Waals surface area contributed by atoms with Crippen molar-refractivity contribution in [1.29, 1.82) is 0 Å². The fourth-order valence-corrected chi connectivity index (χ4v) is 2.73. The van der Waals surface area contributed by atoms with E-state index in [1.54, 1.807) is 25.4 Å². The van der Waals surface area contributed by atoms with Crippen LogP contribution in [0.5, 0.6) is 11.5 Å². The zero-order valence-corrected chi connectivity index (χ0v) is 13.8. The van der Waals surface area contributed by atoms with Gasteiger partial charge < -0.3 is 14.4 Å². The maximum atomic E-state index is 13.0. The van der Waals surface area contributed by atoms with Crippen LogP contribution in [0.3, 0.4) is 0 Å². The average molecular weight is 339 g/mol. The number of hydrogen-bond donors (Lipinski definition) is 1. The van der Waals surface area contributed by atoms with Gasteiger partial charge in [0.15, 0.2) is 0 Å². The first-order valence-corrected chi connectivity index (χ1v) is 7.86. The standard InChI is InChI=1S/C20H18FNO3/c1-25-19-5-3-2-4-15(19)13-22-11-10-18(23)17(20(22)24)12-14-6-8-16(21)9-7-14/h2-11,23H,12-13H2,1H3. The Morgan fingerprint density at radius 3 is 2.52 bits per heavy atom. The summed E-state index contributed by atoms with van der Waals surface area (Å²) in [6.45, 7) is 0.333. The van der Waals surface area contributed by atoms with Gasteiger partial charge in [-0.3, -0.25) is 4.79 Å². The van der Waals surface area contributed by atoms with Crippen LogP contribution >= 0.6 is 0 Å². The van der Waals surface area contributed by atoms with Gasteiger partial charge in [0.1, 0.15) is 17.3 Å². The lowest BCUT2D eigenvalue weighted by Gasteiger charge is -2.12. The minimum atomic E-state index is -0.338. The molecule has 0 atom stereocenters. The van der Waals surface area contributed by atoms with E-state index in [9.17, 15) is 14.3 Å². The smallest absolute Gasteiger partial charge is 0.258 e. The lowest BCUT2D eigenvalue weighted by Crippen LogP contribution is -2.24. The predicted octanol–water partition coefficient (Wildman–Crippen LogP) is 3.34. The van der Waals surface area contributed by atoms with Crippen molar-refractivity contribution in [1.82, 2.24) is 4.57 Å². The molecule has 5 heteroatoms. The molecule has 25 heavy (non-hydrogen) atoms. The molecule has 0 bridgehead atoms. The van der Waals surface area contributed by atoms with E-state index < -0.39 is 0 Å². The van der Waals surface area contributed by atoms with Gasteiger partial charge in [0.2, 0.25) is 0 Å². The van der Waals surface area contributed by atoms with Crippen LogP contribution in [-0.4, -0.2) is 16.8 Å². The molecule has 0 radical (unpaired) electrons. The molecule has 0 unspecified atom stereocenters. The number of aromatic nitrogens is 1. The predicted molar refractivity (Wildman–Crippen MR) is 93.7 cm³/mol. The van der Waals surface area contributed by atoms with Gasteiger partial charge >= 0.3 is 0 Å². The molecule has 0 saturated heterocycles. The average Bonchev–Trinajstić information content (AvgIpc) is 2.63. The summed E-state index contributed by atoms with van der Waals surface area (Å²) in [4.78, 5) is 12.8. The molecule has 3 rings (SSSR count). The van der Waals surface area contributed by atoms with Gasteiger partial charge in [-0.1, -0.05) is 30.3 Å². The van der Waals surface area contributed by atoms with Crippen molar-refractivity contribution in [3.05, 3.63) is 93.7 Å². The summed E-state index contributed by atoms with van der Waals surface area (Å²) >= 11 is 0. The van der Waals surface area contributed by atoms with Crippen LogP contribution in [0.15, 0.2) is 65.6 Å². The molecule has 0 aliphatic carbocycles. The lowest BCUT2D eigenvalue weighted by atomic mass is 10.1. The highest BCUT2D eigenvalue weighted by atomic mass is 19.1. The highest BCUT2D eigenvalue weighted by Gasteiger charge is 2.12. The molecule has 0 saturated carbocycles. The molecule has 0 aliphatic rings. The summed E-state index contributed by atoms with van der Waals surface area (Å²) in [6, 6.07) is 14.8. The first-order chi connectivity index (χ1) is 12.1. The van der Waals surface area contributed by atoms with Crippen molar-refractivity contribution in [3.8, 4) is 11.5 Å². The molecule has 128 valence electrons. The number of hydrogen-bond acceptors (Lipinski definition) is 3. The van der Waals surface area contributed by atoms with Gasteiger partial charge in [-0.25, -0.2) is 4.39 Å². The van der Waals surface area contributed by atoms with Crippen LogP contribution in [0.1, 0.15) is 16.7 Å². The monoisotopic (exact) mass is 339 g/mol. The Hall–Kier alpha value is -3.08. The Kier molecular flexibility index (Phi) is 4.84. The van der Waals surface area contributed by atoms with Crippen molar-refractivity contribution < 1.29 is 14.2 Å². The number of para-hydroxylation sites is 1. The number of halogens is 1. The molecule has 0 spiro atoms. The minimum Gasteiger partial charge on any atom is -0.507 e. The summed E-state index contributed by atoms with van der Waals surface area (Å²) in [6.07, 6.45) is 1.79. The molecule has 4 nitrogen and oxygen atoms in total. The summed E-state index contributed by atoms with van der Waals surface area (Å²) < 4.78 is 19.9. The van der Waals surface area contributed by atoms with E-state index in [4.69, 9.17) is 4.74 Å². The number of pyridine rings is 1. The molecule has 1 aromatic heterocycles. The van der Waals surface area contributed by atoms with Gasteiger partial charge in [0.25, 0.3) is 5.56 Å². The summed E-state index contributed by atoms with van der Waals surface area (Å²) in [7, 11) is 1.58. The molecule has 0 aliphatic heterocycles. The third-order valence-electron chi connectivity index (χ3n) is 4.07. The first-order valence-electron chi connectivity index (χ1n) is 7.86. The number of rotatable bonds is 5. The maximum Gasteiger partial charge on any atom is 0.258 e. The number of aromatic hydroxyl groups is 1. The number of benzene rings is 2.